The summed E-state index contributed by atoms with van der Waals surface area (Å²) in [5.41, 5.74) is 14.7. The quantitative estimate of drug-likeness (QED) is 0.243. The summed E-state index contributed by atoms with van der Waals surface area (Å²) >= 11 is 0. The van der Waals surface area contributed by atoms with Crippen LogP contribution in [-0.4, -0.2) is 81.0 Å². The number of aliphatic hydroxyl groups excluding tert-OH is 1. The number of rotatable bonds is 2. The highest BCUT2D eigenvalue weighted by Gasteiger charge is 2.73. The number of carbonyl (C=O) groups excluding carboxylic acids is 1. The molecule has 0 radical (unpaired) electrons. The number of amides is 1. The SMILES string of the molecule is NC(=O)OC[C@@H]1N=C(N)N2C[C@@H](O)C(O)(O)[C@@]23NC(N)=N[C@@H]13. The fraction of sp³-hybridized carbons (Fsp3) is 0.700. The molecule has 0 bridgehead atoms. The number of carbonyl (C=O) groups is 1. The average Bonchev–Trinajstić information content (AvgIpc) is 2.86. The lowest BCUT2D eigenvalue weighted by Gasteiger charge is -2.48. The molecule has 1 spiro atoms. The van der Waals surface area contributed by atoms with Gasteiger partial charge in [-0.15, -0.1) is 0 Å². The molecule has 0 saturated carbocycles. The molecule has 3 aliphatic heterocycles. The molecular formula is C10H17N7O5. The van der Waals surface area contributed by atoms with E-state index in [0.717, 1.165) is 0 Å². The third kappa shape index (κ3) is 1.65. The Labute approximate surface area is 124 Å². The van der Waals surface area contributed by atoms with Crippen LogP contribution in [0.5, 0.6) is 0 Å². The first-order valence-corrected chi connectivity index (χ1v) is 6.47. The largest absolute Gasteiger partial charge is 0.447 e. The van der Waals surface area contributed by atoms with Crippen LogP contribution >= 0.6 is 0 Å². The minimum absolute atomic E-state index is 0.0734. The van der Waals surface area contributed by atoms with Gasteiger partial charge in [0.15, 0.2) is 17.6 Å². The number of ether oxygens (including phenoxy) is 1. The average molecular weight is 315 g/mol. The van der Waals surface area contributed by atoms with Crippen molar-refractivity contribution in [2.24, 2.45) is 27.2 Å². The Morgan fingerprint density at radius 1 is 1.45 bits per heavy atom. The highest BCUT2D eigenvalue weighted by atomic mass is 16.5. The molecule has 1 saturated heterocycles. The first-order chi connectivity index (χ1) is 10.2. The van der Waals surface area contributed by atoms with Gasteiger partial charge in [0.2, 0.25) is 5.79 Å². The Morgan fingerprint density at radius 3 is 2.77 bits per heavy atom. The Kier molecular flexibility index (Phi) is 2.89. The second-order valence-electron chi connectivity index (χ2n) is 5.39. The lowest BCUT2D eigenvalue weighted by atomic mass is 9.86. The van der Waals surface area contributed by atoms with Gasteiger partial charge in [-0.05, 0) is 0 Å². The maximum absolute atomic E-state index is 10.8. The standard InChI is InChI=1S/C10H17N7O5/c11-6-15-5-3(2-22-8(13)19)14-7(12)17-1-4(18)10(20,21)9(5,17)16-6/h3-5,18,20-21H,1-2H2,(H2,12,14)(H2,13,19)(H3,11,15,16)/t3-,4+,5-,9-/m0/s1. The third-order valence-corrected chi connectivity index (χ3v) is 4.17. The van der Waals surface area contributed by atoms with E-state index in [1.807, 2.05) is 0 Å². The summed E-state index contributed by atoms with van der Waals surface area (Å²) in [5.74, 6) is -2.75. The number of hydrogen-bond acceptors (Lipinski definition) is 11. The van der Waals surface area contributed by atoms with Gasteiger partial charge in [-0.25, -0.2) is 14.8 Å². The van der Waals surface area contributed by atoms with Gasteiger partial charge in [0.1, 0.15) is 24.8 Å². The minimum atomic E-state index is -2.60. The van der Waals surface area contributed by atoms with Gasteiger partial charge >= 0.3 is 6.09 Å². The van der Waals surface area contributed by atoms with Crippen LogP contribution in [0, 0.1) is 0 Å². The van der Waals surface area contributed by atoms with E-state index in [2.05, 4.69) is 15.3 Å². The first kappa shape index (κ1) is 14.6. The van der Waals surface area contributed by atoms with Gasteiger partial charge in [-0.1, -0.05) is 0 Å². The van der Waals surface area contributed by atoms with Crippen molar-refractivity contribution in [3.8, 4) is 0 Å². The lowest BCUT2D eigenvalue weighted by Crippen LogP contribution is -2.77. The van der Waals surface area contributed by atoms with Crippen molar-refractivity contribution in [3.63, 3.8) is 0 Å². The van der Waals surface area contributed by atoms with Crippen molar-refractivity contribution in [2.75, 3.05) is 13.2 Å². The molecule has 12 heteroatoms. The van der Waals surface area contributed by atoms with Crippen LogP contribution in [0.3, 0.4) is 0 Å². The summed E-state index contributed by atoms with van der Waals surface area (Å²) < 4.78 is 4.71. The van der Waals surface area contributed by atoms with Crippen LogP contribution in [0.15, 0.2) is 9.98 Å². The summed E-state index contributed by atoms with van der Waals surface area (Å²) in [7, 11) is 0. The third-order valence-electron chi connectivity index (χ3n) is 4.17. The van der Waals surface area contributed by atoms with E-state index in [0.29, 0.717) is 0 Å². The van der Waals surface area contributed by atoms with Crippen LogP contribution in [0.4, 0.5) is 4.79 Å². The second kappa shape index (κ2) is 4.34. The molecule has 122 valence electrons. The van der Waals surface area contributed by atoms with E-state index in [1.165, 1.54) is 4.90 Å². The predicted octanol–water partition coefficient (Wildman–Crippen LogP) is -4.88. The number of hydrogen-bond donors (Lipinski definition) is 7. The lowest BCUT2D eigenvalue weighted by molar-refractivity contribution is -0.257. The van der Waals surface area contributed by atoms with Crippen LogP contribution in [0.2, 0.25) is 0 Å². The highest BCUT2D eigenvalue weighted by Crippen LogP contribution is 2.44. The molecule has 0 aromatic rings. The number of nitrogens with one attached hydrogen (secondary N) is 1. The number of aliphatic imine (C=N–C) groups is 2. The maximum Gasteiger partial charge on any atom is 0.404 e. The monoisotopic (exact) mass is 315 g/mol. The summed E-state index contributed by atoms with van der Waals surface area (Å²) in [4.78, 5) is 20.3. The zero-order valence-corrected chi connectivity index (χ0v) is 11.4. The van der Waals surface area contributed by atoms with E-state index in [9.17, 15) is 20.1 Å². The number of guanidine groups is 2. The molecule has 0 unspecified atom stereocenters. The zero-order chi connectivity index (χ0) is 16.3. The summed E-state index contributed by atoms with van der Waals surface area (Å²) in [5, 5.41) is 33.4. The van der Waals surface area contributed by atoms with E-state index in [4.69, 9.17) is 21.9 Å². The van der Waals surface area contributed by atoms with Crippen LogP contribution in [-0.2, 0) is 4.74 Å². The van der Waals surface area contributed by atoms with Crippen molar-refractivity contribution in [1.82, 2.24) is 10.2 Å². The van der Waals surface area contributed by atoms with Crippen molar-refractivity contribution in [3.05, 3.63) is 0 Å². The van der Waals surface area contributed by atoms with Crippen molar-refractivity contribution < 1.29 is 24.9 Å². The van der Waals surface area contributed by atoms with Crippen LogP contribution < -0.4 is 22.5 Å². The van der Waals surface area contributed by atoms with Gasteiger partial charge in [0, 0.05) is 0 Å². The fourth-order valence-electron chi connectivity index (χ4n) is 3.22. The molecular weight excluding hydrogens is 298 g/mol. The molecule has 0 aromatic carbocycles. The van der Waals surface area contributed by atoms with Crippen molar-refractivity contribution in [1.29, 1.82) is 0 Å². The topological polar surface area (TPSA) is 205 Å². The van der Waals surface area contributed by atoms with Gasteiger partial charge in [-0.2, -0.15) is 0 Å². The molecule has 12 nitrogen and oxygen atoms in total. The van der Waals surface area contributed by atoms with E-state index < -0.39 is 35.7 Å². The molecule has 3 aliphatic rings. The van der Waals surface area contributed by atoms with Gasteiger partial charge in [0.25, 0.3) is 0 Å². The molecule has 0 aliphatic carbocycles. The normalized spacial score (nSPS) is 38.5. The Morgan fingerprint density at radius 2 is 2.14 bits per heavy atom. The van der Waals surface area contributed by atoms with Crippen molar-refractivity contribution in [2.45, 2.75) is 29.6 Å². The molecule has 4 atom stereocenters. The van der Waals surface area contributed by atoms with Gasteiger partial charge in [-0.3, -0.25) is 0 Å². The molecule has 1 amide bonds. The van der Waals surface area contributed by atoms with Crippen LogP contribution in [0.1, 0.15) is 0 Å². The summed E-state index contributed by atoms with van der Waals surface area (Å²) in [6.45, 7) is -0.459. The highest BCUT2D eigenvalue weighted by molar-refractivity contribution is 5.87. The molecule has 1 fully saturated rings. The van der Waals surface area contributed by atoms with E-state index in [1.54, 1.807) is 0 Å². The molecule has 10 N–H and O–H groups in total. The van der Waals surface area contributed by atoms with Gasteiger partial charge in [0.05, 0.1) is 6.54 Å². The number of primary amides is 1. The van der Waals surface area contributed by atoms with E-state index in [-0.39, 0.29) is 25.1 Å². The molecule has 3 heterocycles. The fourth-order valence-corrected chi connectivity index (χ4v) is 3.22. The predicted molar refractivity (Wildman–Crippen MR) is 72.1 cm³/mol. The Hall–Kier alpha value is -2.31. The van der Waals surface area contributed by atoms with E-state index >= 15 is 0 Å². The second-order valence-corrected chi connectivity index (χ2v) is 5.39. The van der Waals surface area contributed by atoms with Crippen molar-refractivity contribution >= 4 is 18.0 Å². The number of nitrogens with two attached hydrogens (primary N) is 3. The Balaban J connectivity index is 2.04. The van der Waals surface area contributed by atoms with Crippen LogP contribution in [0.25, 0.3) is 0 Å². The first-order valence-electron chi connectivity index (χ1n) is 6.47. The molecule has 22 heavy (non-hydrogen) atoms. The number of nitrogens with zero attached hydrogens (tertiary/aromatic N) is 3. The molecule has 0 aromatic heterocycles. The maximum atomic E-state index is 10.8. The smallest absolute Gasteiger partial charge is 0.404 e. The van der Waals surface area contributed by atoms with Gasteiger partial charge < -0.3 is 47.5 Å². The minimum Gasteiger partial charge on any atom is -0.447 e. The summed E-state index contributed by atoms with van der Waals surface area (Å²) in [6, 6.07) is -1.80. The zero-order valence-electron chi connectivity index (χ0n) is 11.4. The summed E-state index contributed by atoms with van der Waals surface area (Å²) in [6.07, 6.45) is -2.55. The Bertz CT molecular complexity index is 578. The molecule has 3 rings (SSSR count). The number of aliphatic hydroxyl groups is 3.